The number of fused-ring (bicyclic) bond motifs is 1. The van der Waals surface area contributed by atoms with E-state index >= 15 is 0 Å². The normalized spacial score (nSPS) is 18.0. The lowest BCUT2D eigenvalue weighted by Gasteiger charge is -2.34. The summed E-state index contributed by atoms with van der Waals surface area (Å²) >= 11 is 0. The number of rotatable bonds is 11. The number of carbonyl (C=O) groups excluding carboxylic acids is 4. The molecule has 0 radical (unpaired) electrons. The van der Waals surface area contributed by atoms with Gasteiger partial charge in [0.2, 0.25) is 11.4 Å². The molecular weight excluding hydrogens is 516 g/mol. The molecule has 3 amide bonds. The number of nitrogens with two attached hydrogens (primary N) is 1. The predicted molar refractivity (Wildman–Crippen MR) is 161 cm³/mol. The van der Waals surface area contributed by atoms with Crippen LogP contribution in [0.4, 0.5) is 11.4 Å². The van der Waals surface area contributed by atoms with Gasteiger partial charge in [0.15, 0.2) is 5.78 Å². The molecule has 1 aliphatic carbocycles. The van der Waals surface area contributed by atoms with Crippen LogP contribution in [0.3, 0.4) is 0 Å². The van der Waals surface area contributed by atoms with Gasteiger partial charge in [-0.3, -0.25) is 19.2 Å². The number of hydrogen-bond donors (Lipinski definition) is 2. The number of carbonyl (C=O) groups is 4. The fraction of sp³-hybridized carbons (Fsp3) is 0.515. The van der Waals surface area contributed by atoms with Crippen LogP contribution in [0.5, 0.6) is 0 Å². The topological polar surface area (TPSA) is 113 Å². The molecule has 2 aromatic carbocycles. The third-order valence-electron chi connectivity index (χ3n) is 8.00. The molecule has 8 heteroatoms. The van der Waals surface area contributed by atoms with E-state index in [0.29, 0.717) is 17.8 Å². The number of ketones is 1. The Kier molecular flexibility index (Phi) is 9.64. The van der Waals surface area contributed by atoms with Crippen molar-refractivity contribution < 1.29 is 19.2 Å². The highest BCUT2D eigenvalue weighted by Gasteiger charge is 2.57. The number of hydrogen-bond acceptors (Lipinski definition) is 5. The summed E-state index contributed by atoms with van der Waals surface area (Å²) in [6, 6.07) is 15.3. The fourth-order valence-electron chi connectivity index (χ4n) is 6.02. The minimum Gasteiger partial charge on any atom is -0.346 e. The summed E-state index contributed by atoms with van der Waals surface area (Å²) in [6.45, 7) is 8.43. The SMILES string of the molecule is CC(C)CN1C(=O)C(N)(C(=O)[C@H](Cc2ccccc2)NC(=O)CC2CCCC2)C(=O)N(CC(C)C)c2ccccc21. The molecule has 1 aliphatic heterocycles. The molecule has 2 aromatic rings. The van der Waals surface area contributed by atoms with Gasteiger partial charge < -0.3 is 20.9 Å². The highest BCUT2D eigenvalue weighted by molar-refractivity contribution is 6.37. The molecule has 0 bridgehead atoms. The Morgan fingerprint density at radius 2 is 1.34 bits per heavy atom. The van der Waals surface area contributed by atoms with Crippen molar-refractivity contribution in [1.29, 1.82) is 0 Å². The second-order valence-corrected chi connectivity index (χ2v) is 12.4. The summed E-state index contributed by atoms with van der Waals surface area (Å²) < 4.78 is 0. The molecule has 0 spiro atoms. The van der Waals surface area contributed by atoms with Gasteiger partial charge in [-0.2, -0.15) is 0 Å². The lowest BCUT2D eigenvalue weighted by Crippen LogP contribution is -2.72. The Hall–Kier alpha value is -3.52. The average molecular weight is 561 g/mol. The third-order valence-corrected chi connectivity index (χ3v) is 8.00. The van der Waals surface area contributed by atoms with Gasteiger partial charge >= 0.3 is 0 Å². The molecule has 4 rings (SSSR count). The molecule has 41 heavy (non-hydrogen) atoms. The number of para-hydroxylation sites is 2. The number of anilines is 2. The standard InChI is InChI=1S/C33H44N4O4/c1-22(2)20-36-27-16-10-11-17-28(27)37(21-23(3)4)32(41)33(34,31(36)40)30(39)26(18-24-12-6-5-7-13-24)35-29(38)19-25-14-8-9-15-25/h5-7,10-13,16-17,22-23,25-26H,8-9,14-15,18-21,34H2,1-4H3,(H,35,38)/t26-/m0/s1. The summed E-state index contributed by atoms with van der Waals surface area (Å²) in [7, 11) is 0. The number of benzene rings is 2. The van der Waals surface area contributed by atoms with E-state index in [9.17, 15) is 19.2 Å². The Labute approximate surface area is 243 Å². The smallest absolute Gasteiger partial charge is 0.264 e. The highest BCUT2D eigenvalue weighted by Crippen LogP contribution is 2.37. The average Bonchev–Trinajstić information content (AvgIpc) is 3.44. The van der Waals surface area contributed by atoms with Crippen molar-refractivity contribution >= 4 is 34.9 Å². The maximum absolute atomic E-state index is 14.5. The highest BCUT2D eigenvalue weighted by atomic mass is 16.2. The quantitative estimate of drug-likeness (QED) is 0.399. The van der Waals surface area contributed by atoms with Crippen LogP contribution in [0.15, 0.2) is 54.6 Å². The monoisotopic (exact) mass is 560 g/mol. The van der Waals surface area contributed by atoms with Crippen molar-refractivity contribution in [2.75, 3.05) is 22.9 Å². The van der Waals surface area contributed by atoms with Crippen LogP contribution in [0, 0.1) is 17.8 Å². The summed E-state index contributed by atoms with van der Waals surface area (Å²) in [6.07, 6.45) is 4.58. The van der Waals surface area contributed by atoms with Gasteiger partial charge in [-0.1, -0.05) is 83.0 Å². The molecule has 2 aliphatic rings. The molecule has 0 unspecified atom stereocenters. The van der Waals surface area contributed by atoms with Crippen molar-refractivity contribution in [3.05, 3.63) is 60.2 Å². The molecule has 0 saturated heterocycles. The van der Waals surface area contributed by atoms with E-state index in [0.717, 1.165) is 31.2 Å². The maximum Gasteiger partial charge on any atom is 0.264 e. The van der Waals surface area contributed by atoms with Gasteiger partial charge in [-0.25, -0.2) is 0 Å². The molecule has 0 aromatic heterocycles. The summed E-state index contributed by atoms with van der Waals surface area (Å²) in [5.74, 6) is -2.20. The van der Waals surface area contributed by atoms with Crippen LogP contribution in [-0.2, 0) is 25.6 Å². The largest absolute Gasteiger partial charge is 0.346 e. The lowest BCUT2D eigenvalue weighted by atomic mass is 9.84. The molecular formula is C33H44N4O4. The van der Waals surface area contributed by atoms with E-state index in [1.54, 1.807) is 12.1 Å². The summed E-state index contributed by atoms with van der Waals surface area (Å²) in [4.78, 5) is 59.5. The second-order valence-electron chi connectivity index (χ2n) is 12.4. The third kappa shape index (κ3) is 6.70. The first-order chi connectivity index (χ1) is 19.5. The van der Waals surface area contributed by atoms with Crippen molar-refractivity contribution in [1.82, 2.24) is 5.32 Å². The maximum atomic E-state index is 14.5. The number of amides is 3. The van der Waals surface area contributed by atoms with Gasteiger partial charge in [-0.05, 0) is 54.7 Å². The van der Waals surface area contributed by atoms with Crippen LogP contribution >= 0.6 is 0 Å². The Balaban J connectivity index is 1.78. The lowest BCUT2D eigenvalue weighted by molar-refractivity contribution is -0.144. The van der Waals surface area contributed by atoms with E-state index in [4.69, 9.17) is 5.73 Å². The van der Waals surface area contributed by atoms with E-state index in [2.05, 4.69) is 5.32 Å². The summed E-state index contributed by atoms with van der Waals surface area (Å²) in [5.41, 5.74) is 6.19. The van der Waals surface area contributed by atoms with Crippen molar-refractivity contribution in [3.8, 4) is 0 Å². The van der Waals surface area contributed by atoms with Crippen LogP contribution in [-0.4, -0.2) is 48.2 Å². The minimum absolute atomic E-state index is 0.0457. The minimum atomic E-state index is -2.51. The van der Waals surface area contributed by atoms with Gasteiger partial charge in [0.05, 0.1) is 17.4 Å². The number of Topliss-reactive ketones (excluding diaryl/α,β-unsaturated/α-hetero) is 1. The zero-order valence-corrected chi connectivity index (χ0v) is 24.8. The summed E-state index contributed by atoms with van der Waals surface area (Å²) in [5, 5.41) is 2.90. The Morgan fingerprint density at radius 3 is 1.83 bits per heavy atom. The molecule has 220 valence electrons. The van der Waals surface area contributed by atoms with Crippen LogP contribution < -0.4 is 20.9 Å². The molecule has 1 heterocycles. The zero-order valence-electron chi connectivity index (χ0n) is 24.8. The number of nitrogens with one attached hydrogen (secondary N) is 1. The first-order valence-corrected chi connectivity index (χ1v) is 14.9. The second kappa shape index (κ2) is 13.0. The molecule has 1 saturated carbocycles. The van der Waals surface area contributed by atoms with Crippen molar-refractivity contribution in [2.24, 2.45) is 23.5 Å². The zero-order chi connectivity index (χ0) is 29.7. The van der Waals surface area contributed by atoms with Crippen LogP contribution in [0.1, 0.15) is 65.4 Å². The van der Waals surface area contributed by atoms with Crippen LogP contribution in [0.25, 0.3) is 0 Å². The molecule has 1 fully saturated rings. The van der Waals surface area contributed by atoms with Gasteiger partial charge in [0, 0.05) is 19.5 Å². The molecule has 8 nitrogen and oxygen atoms in total. The predicted octanol–water partition coefficient (Wildman–Crippen LogP) is 4.25. The first-order valence-electron chi connectivity index (χ1n) is 14.9. The van der Waals surface area contributed by atoms with Crippen molar-refractivity contribution in [3.63, 3.8) is 0 Å². The van der Waals surface area contributed by atoms with Gasteiger partial charge in [0.1, 0.15) is 0 Å². The van der Waals surface area contributed by atoms with Gasteiger partial charge in [0.25, 0.3) is 11.8 Å². The Morgan fingerprint density at radius 1 is 0.854 bits per heavy atom. The van der Waals surface area contributed by atoms with E-state index in [-0.39, 0.29) is 43.2 Å². The van der Waals surface area contributed by atoms with Crippen LogP contribution in [0.2, 0.25) is 0 Å². The first kappa shape index (κ1) is 30.4. The van der Waals surface area contributed by atoms with E-state index in [1.807, 2.05) is 70.2 Å². The van der Waals surface area contributed by atoms with Crippen molar-refractivity contribution in [2.45, 2.75) is 77.8 Å². The van der Waals surface area contributed by atoms with Gasteiger partial charge in [-0.15, -0.1) is 0 Å². The fourth-order valence-corrected chi connectivity index (χ4v) is 6.02. The Bertz CT molecular complexity index is 1200. The number of nitrogens with zero attached hydrogens (tertiary/aromatic N) is 2. The molecule has 1 atom stereocenters. The van der Waals surface area contributed by atoms with E-state index in [1.165, 1.54) is 9.80 Å². The van der Waals surface area contributed by atoms with E-state index < -0.39 is 29.2 Å². The molecule has 3 N–H and O–H groups in total.